The standard InChI is InChI=1S/C18H22N6OS/c1-13-10-14(2)24(20-13)16-7-5-15(6-8-16)12-26-18-19-21-22-23(18)11-17-4-3-9-25-17/h5-8,10,17H,3-4,9,11-12H2,1-2H3. The summed E-state index contributed by atoms with van der Waals surface area (Å²) in [6, 6.07) is 10.5. The van der Waals surface area contributed by atoms with Crippen molar-refractivity contribution in [1.82, 2.24) is 30.0 Å². The van der Waals surface area contributed by atoms with Gasteiger partial charge in [0, 0.05) is 18.1 Å². The zero-order valence-electron chi connectivity index (χ0n) is 15.0. The minimum atomic E-state index is 0.234. The maximum atomic E-state index is 5.68. The smallest absolute Gasteiger partial charge is 0.209 e. The predicted octanol–water partition coefficient (Wildman–Crippen LogP) is 2.95. The maximum absolute atomic E-state index is 5.68. The topological polar surface area (TPSA) is 70.7 Å². The van der Waals surface area contributed by atoms with Crippen molar-refractivity contribution in [3.63, 3.8) is 0 Å². The molecule has 1 fully saturated rings. The Labute approximate surface area is 156 Å². The molecule has 1 atom stereocenters. The van der Waals surface area contributed by atoms with Gasteiger partial charge in [0.05, 0.1) is 24.0 Å². The number of aryl methyl sites for hydroxylation is 2. The average Bonchev–Trinajstić information content (AvgIpc) is 3.37. The van der Waals surface area contributed by atoms with E-state index in [1.165, 1.54) is 5.56 Å². The van der Waals surface area contributed by atoms with E-state index in [9.17, 15) is 0 Å². The molecule has 1 saturated heterocycles. The molecule has 136 valence electrons. The largest absolute Gasteiger partial charge is 0.376 e. The molecule has 2 aromatic heterocycles. The number of hydrogen-bond donors (Lipinski definition) is 0. The molecule has 26 heavy (non-hydrogen) atoms. The number of nitrogens with zero attached hydrogens (tertiary/aromatic N) is 6. The first-order valence-corrected chi connectivity index (χ1v) is 9.81. The zero-order valence-corrected chi connectivity index (χ0v) is 15.8. The highest BCUT2D eigenvalue weighted by molar-refractivity contribution is 7.98. The lowest BCUT2D eigenvalue weighted by molar-refractivity contribution is 0.0912. The van der Waals surface area contributed by atoms with Gasteiger partial charge in [-0.2, -0.15) is 5.10 Å². The molecule has 3 aromatic rings. The highest BCUT2D eigenvalue weighted by atomic mass is 32.2. The van der Waals surface area contributed by atoms with E-state index in [1.807, 2.05) is 16.3 Å². The van der Waals surface area contributed by atoms with Crippen LogP contribution in [0, 0.1) is 13.8 Å². The lowest BCUT2D eigenvalue weighted by Gasteiger charge is -2.10. The molecule has 7 nitrogen and oxygen atoms in total. The van der Waals surface area contributed by atoms with Crippen molar-refractivity contribution in [2.24, 2.45) is 0 Å². The summed E-state index contributed by atoms with van der Waals surface area (Å²) in [4.78, 5) is 0. The van der Waals surface area contributed by atoms with E-state index in [0.29, 0.717) is 0 Å². The Morgan fingerprint density at radius 2 is 2.08 bits per heavy atom. The van der Waals surface area contributed by atoms with Crippen molar-refractivity contribution in [1.29, 1.82) is 0 Å². The van der Waals surface area contributed by atoms with Crippen molar-refractivity contribution < 1.29 is 4.74 Å². The van der Waals surface area contributed by atoms with E-state index >= 15 is 0 Å². The molecule has 0 amide bonds. The van der Waals surface area contributed by atoms with Gasteiger partial charge >= 0.3 is 0 Å². The lowest BCUT2D eigenvalue weighted by atomic mass is 10.2. The summed E-state index contributed by atoms with van der Waals surface area (Å²) in [5.41, 5.74) is 4.47. The molecule has 1 unspecified atom stereocenters. The van der Waals surface area contributed by atoms with Crippen LogP contribution in [0.25, 0.3) is 5.69 Å². The van der Waals surface area contributed by atoms with Crippen LogP contribution in [-0.4, -0.2) is 42.7 Å². The van der Waals surface area contributed by atoms with Gasteiger partial charge in [-0.05, 0) is 60.9 Å². The van der Waals surface area contributed by atoms with Crippen LogP contribution >= 0.6 is 11.8 Å². The second-order valence-corrected chi connectivity index (χ2v) is 7.52. The normalized spacial score (nSPS) is 17.1. The van der Waals surface area contributed by atoms with Gasteiger partial charge < -0.3 is 4.74 Å². The van der Waals surface area contributed by atoms with Crippen LogP contribution < -0.4 is 0 Å². The molecule has 0 bridgehead atoms. The van der Waals surface area contributed by atoms with Gasteiger partial charge in [-0.15, -0.1) is 5.10 Å². The van der Waals surface area contributed by atoms with E-state index in [-0.39, 0.29) is 6.10 Å². The Balaban J connectivity index is 1.39. The molecule has 8 heteroatoms. The molecule has 3 heterocycles. The van der Waals surface area contributed by atoms with Crippen LogP contribution in [-0.2, 0) is 17.0 Å². The van der Waals surface area contributed by atoms with Crippen LogP contribution in [0.5, 0.6) is 0 Å². The molecule has 1 aromatic carbocycles. The highest BCUT2D eigenvalue weighted by Crippen LogP contribution is 2.23. The van der Waals surface area contributed by atoms with Gasteiger partial charge in [0.2, 0.25) is 5.16 Å². The maximum Gasteiger partial charge on any atom is 0.209 e. The van der Waals surface area contributed by atoms with E-state index in [4.69, 9.17) is 4.74 Å². The number of tetrazole rings is 1. The third-order valence-corrected chi connectivity index (χ3v) is 5.49. The quantitative estimate of drug-likeness (QED) is 0.621. The first kappa shape index (κ1) is 17.2. The molecule has 0 saturated carbocycles. The second kappa shape index (κ2) is 7.59. The fraction of sp³-hybridized carbons (Fsp3) is 0.444. The van der Waals surface area contributed by atoms with Crippen molar-refractivity contribution in [2.75, 3.05) is 6.61 Å². The van der Waals surface area contributed by atoms with Crippen molar-refractivity contribution in [3.8, 4) is 5.69 Å². The molecule has 0 radical (unpaired) electrons. The predicted molar refractivity (Wildman–Crippen MR) is 99.4 cm³/mol. The van der Waals surface area contributed by atoms with Crippen LogP contribution in [0.4, 0.5) is 0 Å². The molecule has 1 aliphatic rings. The van der Waals surface area contributed by atoms with Crippen molar-refractivity contribution >= 4 is 11.8 Å². The Morgan fingerprint density at radius 3 is 2.77 bits per heavy atom. The number of ether oxygens (including phenoxy) is 1. The number of aromatic nitrogens is 6. The van der Waals surface area contributed by atoms with E-state index in [2.05, 4.69) is 57.9 Å². The highest BCUT2D eigenvalue weighted by Gasteiger charge is 2.18. The number of rotatable bonds is 6. The summed E-state index contributed by atoms with van der Waals surface area (Å²) >= 11 is 1.65. The second-order valence-electron chi connectivity index (χ2n) is 6.57. The monoisotopic (exact) mass is 370 g/mol. The minimum Gasteiger partial charge on any atom is -0.376 e. The first-order chi connectivity index (χ1) is 12.7. The Bertz CT molecular complexity index is 866. The van der Waals surface area contributed by atoms with Gasteiger partial charge in [0.25, 0.3) is 0 Å². The van der Waals surface area contributed by atoms with Crippen LogP contribution in [0.2, 0.25) is 0 Å². The molecule has 4 rings (SSSR count). The van der Waals surface area contributed by atoms with Crippen LogP contribution in [0.15, 0.2) is 35.5 Å². The summed E-state index contributed by atoms with van der Waals surface area (Å²) in [5.74, 6) is 0.823. The minimum absolute atomic E-state index is 0.234. The molecule has 0 spiro atoms. The average molecular weight is 370 g/mol. The Kier molecular flexibility index (Phi) is 5.03. The van der Waals surface area contributed by atoms with Crippen molar-refractivity contribution in [3.05, 3.63) is 47.3 Å². The van der Waals surface area contributed by atoms with E-state index in [1.54, 1.807) is 11.8 Å². The van der Waals surface area contributed by atoms with Gasteiger partial charge in [-0.25, -0.2) is 9.36 Å². The fourth-order valence-corrected chi connectivity index (χ4v) is 4.01. The van der Waals surface area contributed by atoms with E-state index in [0.717, 1.165) is 54.0 Å². The van der Waals surface area contributed by atoms with Gasteiger partial charge in [-0.1, -0.05) is 23.9 Å². The third kappa shape index (κ3) is 3.81. The van der Waals surface area contributed by atoms with Crippen LogP contribution in [0.1, 0.15) is 29.8 Å². The van der Waals surface area contributed by atoms with Gasteiger partial charge in [0.15, 0.2) is 0 Å². The molecule has 1 aliphatic heterocycles. The van der Waals surface area contributed by atoms with Crippen molar-refractivity contribution in [2.45, 2.75) is 50.2 Å². The first-order valence-electron chi connectivity index (χ1n) is 8.82. The Morgan fingerprint density at radius 1 is 1.23 bits per heavy atom. The molecular weight excluding hydrogens is 348 g/mol. The molecule has 0 aliphatic carbocycles. The SMILES string of the molecule is Cc1cc(C)n(-c2ccc(CSc3nnnn3CC3CCCO3)cc2)n1. The summed E-state index contributed by atoms with van der Waals surface area (Å²) in [5, 5.41) is 17.4. The third-order valence-electron chi connectivity index (χ3n) is 4.46. The molecular formula is C18H22N6OS. The molecule has 0 N–H and O–H groups in total. The zero-order chi connectivity index (χ0) is 17.9. The number of benzene rings is 1. The summed E-state index contributed by atoms with van der Waals surface area (Å²) < 4.78 is 9.50. The van der Waals surface area contributed by atoms with Gasteiger partial charge in [-0.3, -0.25) is 0 Å². The summed E-state index contributed by atoms with van der Waals surface area (Å²) in [6.07, 6.45) is 2.44. The number of hydrogen-bond acceptors (Lipinski definition) is 6. The summed E-state index contributed by atoms with van der Waals surface area (Å²) in [7, 11) is 0. The van der Waals surface area contributed by atoms with E-state index < -0.39 is 0 Å². The van der Waals surface area contributed by atoms with Crippen LogP contribution in [0.3, 0.4) is 0 Å². The Hall–Kier alpha value is -2.19. The lowest BCUT2D eigenvalue weighted by Crippen LogP contribution is -2.16. The summed E-state index contributed by atoms with van der Waals surface area (Å²) in [6.45, 7) is 5.65. The number of thioether (sulfide) groups is 1. The fourth-order valence-electron chi connectivity index (χ4n) is 3.17. The van der Waals surface area contributed by atoms with Gasteiger partial charge in [0.1, 0.15) is 0 Å².